The second-order valence-corrected chi connectivity index (χ2v) is 13.7. The van der Waals surface area contributed by atoms with Crippen molar-refractivity contribution in [1.82, 2.24) is 25.1 Å². The van der Waals surface area contributed by atoms with Gasteiger partial charge in [0.1, 0.15) is 11.5 Å². The standard InChI is InChI=1S/C38H46N10O4/c1-25(2)52-32-10-7-29(21-43-32)34(40)35-30(39)8-9-31(45-35)48-19-14-38(37(48)51)13-18-46(23-38)22-33(50)47-16-11-27(12-17-47)26-3-5-28(6-4-26)36(41)44-24-42-15-20-49/h3-11,21,24-25,40,49H,12-20,22-23,39H2,1-2H3,(H2,41,42,44)/t38-/m0/s1. The minimum atomic E-state index is -0.577. The lowest BCUT2D eigenvalue weighted by Gasteiger charge is -2.29. The maximum absolute atomic E-state index is 13.9. The molecule has 1 aromatic carbocycles. The van der Waals surface area contributed by atoms with Gasteiger partial charge in [-0.15, -0.1) is 0 Å². The SMILES string of the molecule is CC(C)Oc1ccc(C(=N)c2nc(N3CC[C@]4(CCN(CC(=O)N5CC=C(c6ccc(C(=N)/N=C\NCCO)cc6)CC5)C4)C3=O)ccc2N)cn1. The molecule has 2 aromatic heterocycles. The summed E-state index contributed by atoms with van der Waals surface area (Å²) in [4.78, 5) is 46.0. The van der Waals surface area contributed by atoms with Gasteiger partial charge in [-0.3, -0.25) is 30.2 Å². The average molecular weight is 707 g/mol. The number of aromatic nitrogens is 2. The van der Waals surface area contributed by atoms with E-state index in [9.17, 15) is 9.59 Å². The third-order valence-electron chi connectivity index (χ3n) is 9.74. The van der Waals surface area contributed by atoms with Gasteiger partial charge in [-0.1, -0.05) is 30.3 Å². The maximum atomic E-state index is 13.9. The second kappa shape index (κ2) is 15.8. The Morgan fingerprint density at radius 1 is 1.10 bits per heavy atom. The molecule has 0 saturated carbocycles. The molecule has 3 aromatic rings. The Morgan fingerprint density at radius 2 is 1.87 bits per heavy atom. The monoisotopic (exact) mass is 706 g/mol. The Balaban J connectivity index is 1.03. The molecule has 0 radical (unpaired) electrons. The van der Waals surface area contributed by atoms with Crippen molar-refractivity contribution in [1.29, 1.82) is 10.8 Å². The van der Waals surface area contributed by atoms with Crippen LogP contribution < -0.4 is 20.7 Å². The van der Waals surface area contributed by atoms with Crippen LogP contribution in [-0.2, 0) is 9.59 Å². The fourth-order valence-corrected chi connectivity index (χ4v) is 6.90. The van der Waals surface area contributed by atoms with Crippen LogP contribution in [0.15, 0.2) is 65.8 Å². The Hall–Kier alpha value is -5.47. The van der Waals surface area contributed by atoms with Crippen LogP contribution in [0.25, 0.3) is 5.57 Å². The van der Waals surface area contributed by atoms with E-state index in [0.717, 1.165) is 17.6 Å². The molecule has 52 heavy (non-hydrogen) atoms. The number of carbonyl (C=O) groups excluding carboxylic acids is 2. The van der Waals surface area contributed by atoms with Gasteiger partial charge in [-0.05, 0) is 69.0 Å². The zero-order valence-corrected chi connectivity index (χ0v) is 29.6. The van der Waals surface area contributed by atoms with E-state index < -0.39 is 5.41 Å². The van der Waals surface area contributed by atoms with Gasteiger partial charge in [-0.25, -0.2) is 15.0 Å². The minimum Gasteiger partial charge on any atom is -0.475 e. The van der Waals surface area contributed by atoms with Crippen molar-refractivity contribution >= 4 is 46.8 Å². The summed E-state index contributed by atoms with van der Waals surface area (Å²) < 4.78 is 5.62. The number of nitrogen functional groups attached to an aromatic ring is 1. The Morgan fingerprint density at radius 3 is 2.56 bits per heavy atom. The lowest BCUT2D eigenvalue weighted by atomic mass is 9.85. The van der Waals surface area contributed by atoms with Gasteiger partial charge in [0, 0.05) is 56.1 Å². The third-order valence-corrected chi connectivity index (χ3v) is 9.74. The Bertz CT molecular complexity index is 1880. The molecule has 1 spiro atoms. The first-order valence-electron chi connectivity index (χ1n) is 17.6. The van der Waals surface area contributed by atoms with Crippen molar-refractivity contribution in [2.45, 2.75) is 39.2 Å². The van der Waals surface area contributed by atoms with Crippen molar-refractivity contribution in [3.63, 3.8) is 0 Å². The number of nitrogens with two attached hydrogens (primary N) is 1. The first-order chi connectivity index (χ1) is 25.1. The molecule has 2 saturated heterocycles. The lowest BCUT2D eigenvalue weighted by Crippen LogP contribution is -2.43. The van der Waals surface area contributed by atoms with Gasteiger partial charge in [0.05, 0.1) is 42.4 Å². The van der Waals surface area contributed by atoms with E-state index in [1.165, 1.54) is 6.34 Å². The van der Waals surface area contributed by atoms with E-state index >= 15 is 0 Å². The lowest BCUT2D eigenvalue weighted by molar-refractivity contribution is -0.132. The van der Waals surface area contributed by atoms with Crippen molar-refractivity contribution in [3.05, 3.63) is 83.2 Å². The zero-order chi connectivity index (χ0) is 36.8. The summed E-state index contributed by atoms with van der Waals surface area (Å²) >= 11 is 0. The van der Waals surface area contributed by atoms with Crippen LogP contribution in [0, 0.1) is 16.2 Å². The number of ether oxygens (including phenoxy) is 1. The average Bonchev–Trinajstić information content (AvgIpc) is 3.71. The van der Waals surface area contributed by atoms with Crippen LogP contribution in [-0.4, -0.2) is 113 Å². The molecule has 6 N–H and O–H groups in total. The highest BCUT2D eigenvalue weighted by molar-refractivity contribution is 6.13. The number of hydrogen-bond acceptors (Lipinski definition) is 10. The van der Waals surface area contributed by atoms with Gasteiger partial charge < -0.3 is 25.8 Å². The van der Waals surface area contributed by atoms with Crippen LogP contribution in [0.5, 0.6) is 5.88 Å². The molecule has 6 rings (SSSR count). The van der Waals surface area contributed by atoms with Crippen molar-refractivity contribution in [2.75, 3.05) is 63.1 Å². The molecular weight excluding hydrogens is 660 g/mol. The molecule has 14 heteroatoms. The largest absolute Gasteiger partial charge is 0.475 e. The van der Waals surface area contributed by atoms with Crippen molar-refractivity contribution in [3.8, 4) is 5.88 Å². The van der Waals surface area contributed by atoms with E-state index in [1.54, 1.807) is 35.4 Å². The molecule has 0 unspecified atom stereocenters. The summed E-state index contributed by atoms with van der Waals surface area (Å²) in [6, 6.07) is 14.5. The molecule has 0 bridgehead atoms. The smallest absolute Gasteiger partial charge is 0.237 e. The third kappa shape index (κ3) is 8.03. The number of amidine groups is 1. The van der Waals surface area contributed by atoms with Gasteiger partial charge >= 0.3 is 0 Å². The van der Waals surface area contributed by atoms with Gasteiger partial charge in [0.15, 0.2) is 5.84 Å². The molecule has 3 aliphatic heterocycles. The molecule has 1 atom stereocenters. The highest BCUT2D eigenvalue weighted by atomic mass is 16.5. The summed E-state index contributed by atoms with van der Waals surface area (Å²) in [7, 11) is 0. The number of aliphatic hydroxyl groups is 1. The summed E-state index contributed by atoms with van der Waals surface area (Å²) in [5.74, 6) is 1.10. The number of nitrogens with one attached hydrogen (secondary N) is 3. The fourth-order valence-electron chi connectivity index (χ4n) is 6.90. The Kier molecular flexibility index (Phi) is 11.1. The number of rotatable bonds is 12. The minimum absolute atomic E-state index is 0.00323. The number of likely N-dealkylation sites (tertiary alicyclic amines) is 1. The van der Waals surface area contributed by atoms with Gasteiger partial charge in [0.25, 0.3) is 0 Å². The molecule has 2 amide bonds. The normalized spacial score (nSPS) is 19.2. The number of aliphatic imine (C=N–C) groups is 1. The van der Waals surface area contributed by atoms with Gasteiger partial charge in [0.2, 0.25) is 17.7 Å². The maximum Gasteiger partial charge on any atom is 0.237 e. The van der Waals surface area contributed by atoms with E-state index in [0.29, 0.717) is 80.6 Å². The highest BCUT2D eigenvalue weighted by Gasteiger charge is 2.51. The summed E-state index contributed by atoms with van der Waals surface area (Å²) in [6.45, 7) is 7.29. The quantitative estimate of drug-likeness (QED) is 0.107. The predicted octanol–water partition coefficient (Wildman–Crippen LogP) is 2.94. The number of nitrogens with zero attached hydrogens (tertiary/aromatic N) is 6. The molecule has 2 fully saturated rings. The van der Waals surface area contributed by atoms with E-state index in [2.05, 4.69) is 31.3 Å². The zero-order valence-electron chi connectivity index (χ0n) is 29.6. The van der Waals surface area contributed by atoms with Crippen molar-refractivity contribution in [2.24, 2.45) is 10.4 Å². The number of hydrogen-bond donors (Lipinski definition) is 5. The van der Waals surface area contributed by atoms with Crippen molar-refractivity contribution < 1.29 is 19.4 Å². The highest BCUT2D eigenvalue weighted by Crippen LogP contribution is 2.42. The van der Waals surface area contributed by atoms with E-state index in [4.69, 9.17) is 26.4 Å². The molecule has 14 nitrogen and oxygen atoms in total. The fraction of sp³-hybridized carbons (Fsp3) is 0.395. The van der Waals surface area contributed by atoms with E-state index in [1.807, 2.05) is 43.0 Å². The van der Waals surface area contributed by atoms with Crippen LogP contribution >= 0.6 is 0 Å². The molecule has 3 aliphatic rings. The first-order valence-corrected chi connectivity index (χ1v) is 17.6. The number of anilines is 2. The molecule has 0 aliphatic carbocycles. The predicted molar refractivity (Wildman–Crippen MR) is 201 cm³/mol. The molecule has 5 heterocycles. The van der Waals surface area contributed by atoms with Crippen LogP contribution in [0.2, 0.25) is 0 Å². The van der Waals surface area contributed by atoms with Crippen LogP contribution in [0.3, 0.4) is 0 Å². The van der Waals surface area contributed by atoms with E-state index in [-0.39, 0.29) is 48.3 Å². The number of amides is 2. The first kappa shape index (κ1) is 36.3. The Labute approximate surface area is 303 Å². The number of carbonyl (C=O) groups is 2. The topological polar surface area (TPSA) is 197 Å². The summed E-state index contributed by atoms with van der Waals surface area (Å²) in [5, 5.41) is 28.6. The second-order valence-electron chi connectivity index (χ2n) is 13.7. The van der Waals surface area contributed by atoms with Gasteiger partial charge in [-0.2, -0.15) is 0 Å². The summed E-state index contributed by atoms with van der Waals surface area (Å²) in [6.07, 6.45) is 7.11. The van der Waals surface area contributed by atoms with Crippen LogP contribution in [0.1, 0.15) is 55.5 Å². The molecule has 272 valence electrons. The number of aliphatic hydroxyl groups excluding tert-OH is 1. The number of benzene rings is 1. The summed E-state index contributed by atoms with van der Waals surface area (Å²) in [5.41, 5.74) is 9.86. The number of pyridine rings is 2. The van der Waals surface area contributed by atoms with Crippen LogP contribution in [0.4, 0.5) is 11.5 Å². The molecular formula is C38H46N10O4.